The molecular formula is C15H24Cl2F3N3O2S. The van der Waals surface area contributed by atoms with Crippen molar-refractivity contribution in [1.29, 1.82) is 0 Å². The first kappa shape index (κ1) is 25.4. The second-order valence-corrected chi connectivity index (χ2v) is 7.60. The molecule has 0 atom stereocenters. The number of rotatable bonds is 7. The zero-order valence-electron chi connectivity index (χ0n) is 14.1. The van der Waals surface area contributed by atoms with Crippen molar-refractivity contribution in [3.8, 4) is 0 Å². The van der Waals surface area contributed by atoms with Gasteiger partial charge in [0.2, 0.25) is 10.0 Å². The van der Waals surface area contributed by atoms with Gasteiger partial charge in [0.1, 0.15) is 0 Å². The SMILES string of the molecule is Cl.Cl.O=S(=O)(Cc1cccc(C(F)(F)F)c1)NCCCN1CCNCC1. The average molecular weight is 438 g/mol. The van der Waals surface area contributed by atoms with Crippen LogP contribution < -0.4 is 10.0 Å². The molecule has 152 valence electrons. The maximum absolute atomic E-state index is 12.7. The van der Waals surface area contributed by atoms with Crippen LogP contribution in [0.5, 0.6) is 0 Å². The zero-order chi connectivity index (χ0) is 17.6. The Labute approximate surface area is 164 Å². The number of nitrogens with one attached hydrogen (secondary N) is 2. The van der Waals surface area contributed by atoms with Gasteiger partial charge in [-0.2, -0.15) is 13.2 Å². The molecule has 2 N–H and O–H groups in total. The highest BCUT2D eigenvalue weighted by molar-refractivity contribution is 7.88. The number of halogens is 5. The van der Waals surface area contributed by atoms with Crippen LogP contribution in [0, 0.1) is 0 Å². The van der Waals surface area contributed by atoms with Gasteiger partial charge in [0.25, 0.3) is 0 Å². The van der Waals surface area contributed by atoms with Crippen LogP contribution in [0.4, 0.5) is 13.2 Å². The summed E-state index contributed by atoms with van der Waals surface area (Å²) in [5.74, 6) is -0.454. The van der Waals surface area contributed by atoms with Gasteiger partial charge in [-0.15, -0.1) is 24.8 Å². The first-order chi connectivity index (χ1) is 11.3. The standard InChI is InChI=1S/C15H22F3N3O2S.2ClH/c16-15(17,18)14-4-1-3-13(11-14)12-24(22,23)20-5-2-8-21-9-6-19-7-10-21;;/h1,3-4,11,19-20H,2,5-10,12H2;2*1H. The average Bonchev–Trinajstić information content (AvgIpc) is 2.52. The topological polar surface area (TPSA) is 61.4 Å². The van der Waals surface area contributed by atoms with Crippen LogP contribution in [0.25, 0.3) is 0 Å². The fourth-order valence-electron chi connectivity index (χ4n) is 2.57. The van der Waals surface area contributed by atoms with Gasteiger partial charge in [0.15, 0.2) is 0 Å². The van der Waals surface area contributed by atoms with Crippen LogP contribution in [0.1, 0.15) is 17.5 Å². The summed E-state index contributed by atoms with van der Waals surface area (Å²) in [6, 6.07) is 4.41. The summed E-state index contributed by atoms with van der Waals surface area (Å²) in [6.45, 7) is 4.83. The second-order valence-electron chi connectivity index (χ2n) is 5.80. The van der Waals surface area contributed by atoms with Crippen LogP contribution in [-0.4, -0.2) is 52.6 Å². The van der Waals surface area contributed by atoms with Crippen LogP contribution in [0.3, 0.4) is 0 Å². The molecule has 0 bridgehead atoms. The molecule has 1 fully saturated rings. The molecule has 1 aromatic carbocycles. The fourth-order valence-corrected chi connectivity index (χ4v) is 3.75. The lowest BCUT2D eigenvalue weighted by Gasteiger charge is -2.27. The minimum Gasteiger partial charge on any atom is -0.314 e. The summed E-state index contributed by atoms with van der Waals surface area (Å²) in [4.78, 5) is 2.25. The van der Waals surface area contributed by atoms with E-state index in [1.54, 1.807) is 0 Å². The molecule has 1 aliphatic heterocycles. The van der Waals surface area contributed by atoms with Crippen molar-refractivity contribution < 1.29 is 21.6 Å². The van der Waals surface area contributed by atoms with Crippen molar-refractivity contribution in [1.82, 2.24) is 14.9 Å². The van der Waals surface area contributed by atoms with E-state index in [2.05, 4.69) is 14.9 Å². The molecule has 1 heterocycles. The molecule has 5 nitrogen and oxygen atoms in total. The van der Waals surface area contributed by atoms with E-state index in [0.29, 0.717) is 6.42 Å². The van der Waals surface area contributed by atoms with Gasteiger partial charge in [-0.05, 0) is 24.6 Å². The normalized spacial score (nSPS) is 15.8. The molecule has 0 amide bonds. The largest absolute Gasteiger partial charge is 0.416 e. The summed E-state index contributed by atoms with van der Waals surface area (Å²) in [7, 11) is -3.65. The minimum atomic E-state index is -4.48. The number of sulfonamides is 1. The lowest BCUT2D eigenvalue weighted by Crippen LogP contribution is -2.44. The summed E-state index contributed by atoms with van der Waals surface area (Å²) in [5.41, 5.74) is -0.715. The fraction of sp³-hybridized carbons (Fsp3) is 0.600. The zero-order valence-corrected chi connectivity index (χ0v) is 16.5. The third-order valence-corrected chi connectivity index (χ3v) is 5.15. The number of benzene rings is 1. The second kappa shape index (κ2) is 11.3. The van der Waals surface area contributed by atoms with Crippen molar-refractivity contribution in [3.63, 3.8) is 0 Å². The number of piperazine rings is 1. The molecule has 26 heavy (non-hydrogen) atoms. The molecule has 2 rings (SSSR count). The molecule has 0 unspecified atom stereocenters. The Morgan fingerprint density at radius 1 is 1.15 bits per heavy atom. The van der Waals surface area contributed by atoms with Crippen LogP contribution >= 0.6 is 24.8 Å². The quantitative estimate of drug-likeness (QED) is 0.642. The van der Waals surface area contributed by atoms with Gasteiger partial charge >= 0.3 is 6.18 Å². The highest BCUT2D eigenvalue weighted by atomic mass is 35.5. The molecule has 11 heteroatoms. The minimum absolute atomic E-state index is 0. The van der Waals surface area contributed by atoms with Crippen LogP contribution in [0.15, 0.2) is 24.3 Å². The number of hydrogen-bond acceptors (Lipinski definition) is 4. The van der Waals surface area contributed by atoms with E-state index in [1.165, 1.54) is 12.1 Å². The Morgan fingerprint density at radius 2 is 1.81 bits per heavy atom. The van der Waals surface area contributed by atoms with Crippen molar-refractivity contribution in [3.05, 3.63) is 35.4 Å². The summed E-state index contributed by atoms with van der Waals surface area (Å²) < 4.78 is 64.4. The van der Waals surface area contributed by atoms with Crippen molar-refractivity contribution in [2.45, 2.75) is 18.3 Å². The molecule has 0 saturated carbocycles. The van der Waals surface area contributed by atoms with Gasteiger partial charge in [0.05, 0.1) is 11.3 Å². The van der Waals surface area contributed by atoms with Gasteiger partial charge in [-0.3, -0.25) is 0 Å². The predicted molar refractivity (Wildman–Crippen MR) is 100 cm³/mol. The van der Waals surface area contributed by atoms with Crippen LogP contribution in [0.2, 0.25) is 0 Å². The number of alkyl halides is 3. The highest BCUT2D eigenvalue weighted by Crippen LogP contribution is 2.29. The van der Waals surface area contributed by atoms with Gasteiger partial charge < -0.3 is 10.2 Å². The van der Waals surface area contributed by atoms with E-state index in [-0.39, 0.29) is 36.9 Å². The van der Waals surface area contributed by atoms with Crippen molar-refractivity contribution >= 4 is 34.8 Å². The van der Waals surface area contributed by atoms with E-state index >= 15 is 0 Å². The Morgan fingerprint density at radius 3 is 2.42 bits per heavy atom. The molecule has 0 spiro atoms. The molecular weight excluding hydrogens is 414 g/mol. The monoisotopic (exact) mass is 437 g/mol. The molecule has 0 aliphatic carbocycles. The van der Waals surface area contributed by atoms with E-state index < -0.39 is 27.5 Å². The smallest absolute Gasteiger partial charge is 0.314 e. The predicted octanol–water partition coefficient (Wildman–Crippen LogP) is 2.26. The Balaban J connectivity index is 0.00000312. The van der Waals surface area contributed by atoms with E-state index in [4.69, 9.17) is 0 Å². The Hall–Kier alpha value is -0.580. The Bertz CT molecular complexity index is 639. The molecule has 0 radical (unpaired) electrons. The summed E-state index contributed by atoms with van der Waals surface area (Å²) >= 11 is 0. The van der Waals surface area contributed by atoms with E-state index in [1.807, 2.05) is 0 Å². The maximum Gasteiger partial charge on any atom is 0.416 e. The summed E-state index contributed by atoms with van der Waals surface area (Å²) in [6.07, 6.45) is -3.81. The van der Waals surface area contributed by atoms with E-state index in [9.17, 15) is 21.6 Å². The first-order valence-corrected chi connectivity index (χ1v) is 9.48. The molecule has 0 aromatic heterocycles. The number of nitrogens with zero attached hydrogens (tertiary/aromatic N) is 1. The Kier molecular flexibility index (Phi) is 11.1. The van der Waals surface area contributed by atoms with E-state index in [0.717, 1.165) is 44.9 Å². The van der Waals surface area contributed by atoms with Gasteiger partial charge in [-0.25, -0.2) is 13.1 Å². The van der Waals surface area contributed by atoms with Gasteiger partial charge in [-0.1, -0.05) is 18.2 Å². The lowest BCUT2D eigenvalue weighted by molar-refractivity contribution is -0.137. The third kappa shape index (κ3) is 8.88. The summed E-state index contributed by atoms with van der Waals surface area (Å²) in [5, 5.41) is 3.24. The number of hydrogen-bond donors (Lipinski definition) is 2. The highest BCUT2D eigenvalue weighted by Gasteiger charge is 2.30. The van der Waals surface area contributed by atoms with Crippen molar-refractivity contribution in [2.24, 2.45) is 0 Å². The third-order valence-electron chi connectivity index (χ3n) is 3.79. The lowest BCUT2D eigenvalue weighted by atomic mass is 10.1. The first-order valence-electron chi connectivity index (χ1n) is 7.83. The molecule has 1 aromatic rings. The maximum atomic E-state index is 12.7. The van der Waals surface area contributed by atoms with Crippen LogP contribution in [-0.2, 0) is 22.0 Å². The van der Waals surface area contributed by atoms with Gasteiger partial charge in [0, 0.05) is 32.7 Å². The molecule has 1 saturated heterocycles. The van der Waals surface area contributed by atoms with Crippen molar-refractivity contribution in [2.75, 3.05) is 39.3 Å². The molecule has 1 aliphatic rings.